The van der Waals surface area contributed by atoms with Crippen molar-refractivity contribution in [2.45, 2.75) is 4.90 Å². The molecule has 0 atom stereocenters. The second-order valence-electron chi connectivity index (χ2n) is 6.69. The Morgan fingerprint density at radius 3 is 2.27 bits per heavy atom. The summed E-state index contributed by atoms with van der Waals surface area (Å²) in [5.74, 6) is 0.0489. The predicted octanol–water partition coefficient (Wildman–Crippen LogP) is 2.94. The Morgan fingerprint density at radius 1 is 1.03 bits per heavy atom. The molecule has 0 bridgehead atoms. The zero-order valence-electron chi connectivity index (χ0n) is 16.4. The number of sulfonamides is 1. The highest BCUT2D eigenvalue weighted by Crippen LogP contribution is 2.18. The van der Waals surface area contributed by atoms with Gasteiger partial charge < -0.3 is 9.64 Å². The molecule has 0 saturated carbocycles. The highest BCUT2D eigenvalue weighted by atomic mass is 32.2. The molecule has 8 heteroatoms. The Hall–Kier alpha value is -2.97. The number of hydrogen-bond donors (Lipinski definition) is 0. The Bertz CT molecular complexity index is 1010. The lowest BCUT2D eigenvalue weighted by Gasteiger charge is -2.33. The molecule has 0 radical (unpaired) electrons. The number of amides is 1. The maximum Gasteiger partial charge on any atom is 0.246 e. The molecule has 1 amide bonds. The van der Waals surface area contributed by atoms with E-state index in [2.05, 4.69) is 6.58 Å². The molecule has 6 nitrogen and oxygen atoms in total. The fourth-order valence-corrected chi connectivity index (χ4v) is 4.43. The van der Waals surface area contributed by atoms with Crippen LogP contribution in [0, 0.1) is 5.82 Å². The summed E-state index contributed by atoms with van der Waals surface area (Å²) in [5.41, 5.74) is 0.854. The number of halogens is 1. The first-order valence-corrected chi connectivity index (χ1v) is 10.9. The van der Waals surface area contributed by atoms with Crippen molar-refractivity contribution in [1.82, 2.24) is 9.21 Å². The second-order valence-corrected chi connectivity index (χ2v) is 8.62. The van der Waals surface area contributed by atoms with Gasteiger partial charge in [0.15, 0.2) is 0 Å². The van der Waals surface area contributed by atoms with Crippen LogP contribution in [-0.4, -0.2) is 56.3 Å². The molecule has 3 rings (SSSR count). The van der Waals surface area contributed by atoms with Crippen LogP contribution < -0.4 is 4.74 Å². The van der Waals surface area contributed by atoms with Crippen molar-refractivity contribution in [1.29, 1.82) is 0 Å². The van der Waals surface area contributed by atoms with E-state index in [4.69, 9.17) is 4.74 Å². The second kappa shape index (κ2) is 9.69. The van der Waals surface area contributed by atoms with Crippen LogP contribution in [0.2, 0.25) is 0 Å². The lowest BCUT2D eigenvalue weighted by atomic mass is 10.2. The van der Waals surface area contributed by atoms with Crippen molar-refractivity contribution in [2.24, 2.45) is 0 Å². The molecule has 0 spiro atoms. The predicted molar refractivity (Wildman–Crippen MR) is 113 cm³/mol. The third-order valence-corrected chi connectivity index (χ3v) is 6.58. The van der Waals surface area contributed by atoms with Gasteiger partial charge in [0, 0.05) is 32.3 Å². The van der Waals surface area contributed by atoms with Crippen LogP contribution in [0.5, 0.6) is 5.75 Å². The zero-order chi connectivity index (χ0) is 21.6. The van der Waals surface area contributed by atoms with E-state index in [1.807, 2.05) is 24.3 Å². The van der Waals surface area contributed by atoms with Gasteiger partial charge in [-0.25, -0.2) is 12.8 Å². The topological polar surface area (TPSA) is 66.9 Å². The largest absolute Gasteiger partial charge is 0.490 e. The minimum Gasteiger partial charge on any atom is -0.490 e. The Kier molecular flexibility index (Phi) is 7.02. The number of ether oxygens (including phenoxy) is 1. The van der Waals surface area contributed by atoms with Crippen LogP contribution in [0.4, 0.5) is 4.39 Å². The van der Waals surface area contributed by atoms with Crippen LogP contribution in [0.3, 0.4) is 0 Å². The standard InChI is InChI=1S/C22H23FN2O4S/c1-2-17-29-20-8-3-18(4-9-20)5-12-22(26)24-13-15-25(16-14-24)30(27,28)21-10-6-19(23)7-11-21/h2-12H,1,13-17H2/b12-5+. The van der Waals surface area contributed by atoms with Gasteiger partial charge in [0.1, 0.15) is 18.2 Å². The van der Waals surface area contributed by atoms with E-state index in [0.717, 1.165) is 23.4 Å². The van der Waals surface area contributed by atoms with Gasteiger partial charge in [-0.1, -0.05) is 24.8 Å². The summed E-state index contributed by atoms with van der Waals surface area (Å²) in [6.45, 7) is 4.98. The van der Waals surface area contributed by atoms with Gasteiger partial charge in [-0.3, -0.25) is 4.79 Å². The van der Waals surface area contributed by atoms with Crippen LogP contribution in [-0.2, 0) is 14.8 Å². The number of benzene rings is 2. The summed E-state index contributed by atoms with van der Waals surface area (Å²) in [6.07, 6.45) is 4.85. The average molecular weight is 431 g/mol. The van der Waals surface area contributed by atoms with Gasteiger partial charge in [-0.05, 0) is 48.0 Å². The van der Waals surface area contributed by atoms with Gasteiger partial charge in [0.05, 0.1) is 4.90 Å². The smallest absolute Gasteiger partial charge is 0.246 e. The van der Waals surface area contributed by atoms with Crippen molar-refractivity contribution >= 4 is 22.0 Å². The molecule has 2 aromatic carbocycles. The number of hydrogen-bond acceptors (Lipinski definition) is 4. The van der Waals surface area contributed by atoms with Crippen molar-refractivity contribution in [3.05, 3.63) is 78.6 Å². The Labute approximate surface area is 175 Å². The van der Waals surface area contributed by atoms with E-state index >= 15 is 0 Å². The maximum atomic E-state index is 13.1. The zero-order valence-corrected chi connectivity index (χ0v) is 17.2. The van der Waals surface area contributed by atoms with E-state index in [0.29, 0.717) is 6.61 Å². The van der Waals surface area contributed by atoms with Gasteiger partial charge in [0.25, 0.3) is 0 Å². The average Bonchev–Trinajstić information content (AvgIpc) is 2.77. The van der Waals surface area contributed by atoms with Crippen LogP contribution in [0.1, 0.15) is 5.56 Å². The van der Waals surface area contributed by atoms with E-state index in [1.54, 1.807) is 17.1 Å². The first-order valence-electron chi connectivity index (χ1n) is 9.46. The third-order valence-electron chi connectivity index (χ3n) is 4.67. The van der Waals surface area contributed by atoms with E-state index in [9.17, 15) is 17.6 Å². The molecule has 158 valence electrons. The Morgan fingerprint density at radius 2 is 1.67 bits per heavy atom. The summed E-state index contributed by atoms with van der Waals surface area (Å²) >= 11 is 0. The molecular formula is C22H23FN2O4S. The van der Waals surface area contributed by atoms with E-state index < -0.39 is 15.8 Å². The molecule has 1 heterocycles. The normalized spacial score (nSPS) is 15.3. The molecule has 2 aromatic rings. The van der Waals surface area contributed by atoms with E-state index in [1.165, 1.54) is 22.5 Å². The number of nitrogens with zero attached hydrogens (tertiary/aromatic N) is 2. The van der Waals surface area contributed by atoms with Crippen LogP contribution in [0.25, 0.3) is 6.08 Å². The van der Waals surface area contributed by atoms with Crippen molar-refractivity contribution in [3.63, 3.8) is 0 Å². The monoisotopic (exact) mass is 430 g/mol. The first kappa shape index (κ1) is 21.7. The fraction of sp³-hybridized carbons (Fsp3) is 0.227. The molecule has 1 aliphatic heterocycles. The maximum absolute atomic E-state index is 13.1. The summed E-state index contributed by atoms with van der Waals surface area (Å²) in [5, 5.41) is 0. The van der Waals surface area contributed by atoms with Gasteiger partial charge in [-0.15, -0.1) is 0 Å². The van der Waals surface area contributed by atoms with Gasteiger partial charge in [-0.2, -0.15) is 4.31 Å². The third kappa shape index (κ3) is 5.34. The lowest BCUT2D eigenvalue weighted by molar-refractivity contribution is -0.127. The molecule has 1 saturated heterocycles. The highest BCUT2D eigenvalue weighted by Gasteiger charge is 2.29. The minimum absolute atomic E-state index is 0.0455. The number of piperazine rings is 1. The number of carbonyl (C=O) groups excluding carboxylic acids is 1. The van der Waals surface area contributed by atoms with Crippen molar-refractivity contribution < 1.29 is 22.3 Å². The molecule has 0 unspecified atom stereocenters. The molecule has 1 fully saturated rings. The summed E-state index contributed by atoms with van der Waals surface area (Å²) in [7, 11) is -3.70. The van der Waals surface area contributed by atoms with Gasteiger partial charge in [0.2, 0.25) is 15.9 Å². The first-order chi connectivity index (χ1) is 14.4. The van der Waals surface area contributed by atoms with Crippen molar-refractivity contribution in [2.75, 3.05) is 32.8 Å². The molecular weight excluding hydrogens is 407 g/mol. The molecule has 0 N–H and O–H groups in total. The fourth-order valence-electron chi connectivity index (χ4n) is 3.01. The SMILES string of the molecule is C=CCOc1ccc(/C=C/C(=O)N2CCN(S(=O)(=O)c3ccc(F)cc3)CC2)cc1. The quantitative estimate of drug-likeness (QED) is 0.500. The lowest BCUT2D eigenvalue weighted by Crippen LogP contribution is -2.50. The van der Waals surface area contributed by atoms with Gasteiger partial charge >= 0.3 is 0 Å². The van der Waals surface area contributed by atoms with Crippen LogP contribution >= 0.6 is 0 Å². The Balaban J connectivity index is 1.55. The summed E-state index contributed by atoms with van der Waals surface area (Å²) < 4.78 is 45.1. The summed E-state index contributed by atoms with van der Waals surface area (Å²) in [4.78, 5) is 14.1. The molecule has 0 aromatic heterocycles. The number of rotatable bonds is 7. The number of carbonyl (C=O) groups is 1. The summed E-state index contributed by atoms with van der Waals surface area (Å²) in [6, 6.07) is 12.0. The highest BCUT2D eigenvalue weighted by molar-refractivity contribution is 7.89. The molecule has 1 aliphatic rings. The van der Waals surface area contributed by atoms with E-state index in [-0.39, 0.29) is 37.0 Å². The molecule has 0 aliphatic carbocycles. The van der Waals surface area contributed by atoms with Crippen molar-refractivity contribution in [3.8, 4) is 5.75 Å². The van der Waals surface area contributed by atoms with Crippen LogP contribution in [0.15, 0.2) is 72.2 Å². The molecule has 30 heavy (non-hydrogen) atoms. The minimum atomic E-state index is -3.70.